The molecule has 0 aliphatic carbocycles. The fourth-order valence-corrected chi connectivity index (χ4v) is 1.42. The third kappa shape index (κ3) is 3.23. The molecule has 0 aliphatic rings. The van der Waals surface area contributed by atoms with Gasteiger partial charge < -0.3 is 16.2 Å². The Morgan fingerprint density at radius 1 is 1.28 bits per heavy atom. The molecule has 5 heteroatoms. The van der Waals surface area contributed by atoms with E-state index in [-0.39, 0.29) is 11.6 Å². The molecule has 5 nitrogen and oxygen atoms in total. The van der Waals surface area contributed by atoms with Crippen LogP contribution in [0.2, 0.25) is 0 Å². The molecular formula is C13H18N2O3. The molecule has 1 aromatic rings. The van der Waals surface area contributed by atoms with E-state index in [1.54, 1.807) is 0 Å². The lowest BCUT2D eigenvalue weighted by Crippen LogP contribution is -2.24. The molecule has 0 bridgehead atoms. The second kappa shape index (κ2) is 5.53. The number of carbonyl (C=O) groups is 2. The highest BCUT2D eigenvalue weighted by Gasteiger charge is 2.15. The van der Waals surface area contributed by atoms with Gasteiger partial charge in [-0.1, -0.05) is 13.8 Å². The molecule has 1 atom stereocenters. The summed E-state index contributed by atoms with van der Waals surface area (Å²) in [4.78, 5) is 22.2. The van der Waals surface area contributed by atoms with Gasteiger partial charge >= 0.3 is 5.97 Å². The molecule has 1 amide bonds. The van der Waals surface area contributed by atoms with Crippen molar-refractivity contribution in [2.24, 2.45) is 11.7 Å². The van der Waals surface area contributed by atoms with Crippen LogP contribution in [0.15, 0.2) is 18.2 Å². The molecule has 1 rings (SSSR count). The van der Waals surface area contributed by atoms with E-state index >= 15 is 0 Å². The maximum Gasteiger partial charge on any atom is 0.335 e. The number of rotatable bonds is 5. The largest absolute Gasteiger partial charge is 0.478 e. The van der Waals surface area contributed by atoms with Crippen LogP contribution in [0.1, 0.15) is 41.5 Å². The lowest BCUT2D eigenvalue weighted by Gasteiger charge is -2.20. The SMILES string of the molecule is CC(C)[C@@H](C)Nc1cc(C(=O)O)ccc1C(N)=O. The van der Waals surface area contributed by atoms with E-state index < -0.39 is 11.9 Å². The summed E-state index contributed by atoms with van der Waals surface area (Å²) in [6.45, 7) is 6.02. The van der Waals surface area contributed by atoms with E-state index in [4.69, 9.17) is 10.8 Å². The summed E-state index contributed by atoms with van der Waals surface area (Å²) < 4.78 is 0. The fourth-order valence-electron chi connectivity index (χ4n) is 1.42. The minimum atomic E-state index is -1.04. The van der Waals surface area contributed by atoms with Crippen molar-refractivity contribution in [2.75, 3.05) is 5.32 Å². The summed E-state index contributed by atoms with van der Waals surface area (Å²) in [7, 11) is 0. The molecule has 0 fully saturated rings. The zero-order chi connectivity index (χ0) is 13.9. The standard InChI is InChI=1S/C13H18N2O3/c1-7(2)8(3)15-11-6-9(13(17)18)4-5-10(11)12(14)16/h4-8,15H,1-3H3,(H2,14,16)(H,17,18)/t8-/m1/s1. The zero-order valence-electron chi connectivity index (χ0n) is 10.7. The van der Waals surface area contributed by atoms with Crippen LogP contribution in [0, 0.1) is 5.92 Å². The average Bonchev–Trinajstić information content (AvgIpc) is 2.28. The number of carboxylic acid groups (broad SMARTS) is 1. The van der Waals surface area contributed by atoms with Crippen molar-refractivity contribution in [3.8, 4) is 0 Å². The number of nitrogens with two attached hydrogens (primary N) is 1. The summed E-state index contributed by atoms with van der Waals surface area (Å²) in [5.41, 5.74) is 6.15. The van der Waals surface area contributed by atoms with E-state index in [0.29, 0.717) is 17.2 Å². The van der Waals surface area contributed by atoms with Crippen LogP contribution in [-0.2, 0) is 0 Å². The number of carboxylic acids is 1. The molecule has 0 radical (unpaired) electrons. The van der Waals surface area contributed by atoms with Gasteiger partial charge in [-0.2, -0.15) is 0 Å². The Kier molecular flexibility index (Phi) is 4.31. The van der Waals surface area contributed by atoms with Crippen LogP contribution in [0.4, 0.5) is 5.69 Å². The minimum Gasteiger partial charge on any atom is -0.478 e. The molecule has 0 heterocycles. The van der Waals surface area contributed by atoms with Gasteiger partial charge in [0.15, 0.2) is 0 Å². The number of hydrogen-bond donors (Lipinski definition) is 3. The van der Waals surface area contributed by atoms with Crippen LogP contribution in [0.5, 0.6) is 0 Å². The third-order valence-electron chi connectivity index (χ3n) is 2.92. The Hall–Kier alpha value is -2.04. The van der Waals surface area contributed by atoms with Gasteiger partial charge in [0, 0.05) is 11.7 Å². The number of hydrogen-bond acceptors (Lipinski definition) is 3. The minimum absolute atomic E-state index is 0.104. The monoisotopic (exact) mass is 250 g/mol. The quantitative estimate of drug-likeness (QED) is 0.744. The maximum absolute atomic E-state index is 11.3. The first kappa shape index (κ1) is 14.0. The third-order valence-corrected chi connectivity index (χ3v) is 2.92. The average molecular weight is 250 g/mol. The van der Waals surface area contributed by atoms with Gasteiger partial charge in [0.1, 0.15) is 0 Å². The highest BCUT2D eigenvalue weighted by molar-refractivity contribution is 6.00. The summed E-state index contributed by atoms with van der Waals surface area (Å²) in [5.74, 6) is -1.27. The molecule has 0 saturated carbocycles. The van der Waals surface area contributed by atoms with Crippen LogP contribution in [0.3, 0.4) is 0 Å². The predicted molar refractivity (Wildman–Crippen MR) is 69.8 cm³/mol. The molecule has 4 N–H and O–H groups in total. The topological polar surface area (TPSA) is 92.4 Å². The molecule has 0 aliphatic heterocycles. The second-order valence-electron chi connectivity index (χ2n) is 4.61. The first-order valence-corrected chi connectivity index (χ1v) is 5.76. The summed E-state index contributed by atoms with van der Waals surface area (Å²) in [6, 6.07) is 4.34. The van der Waals surface area contributed by atoms with Gasteiger partial charge in [-0.3, -0.25) is 4.79 Å². The molecule has 98 valence electrons. The normalized spacial score (nSPS) is 12.2. The van der Waals surface area contributed by atoms with Gasteiger partial charge in [-0.15, -0.1) is 0 Å². The number of primary amides is 1. The number of amides is 1. The van der Waals surface area contributed by atoms with Gasteiger partial charge in [-0.05, 0) is 31.0 Å². The van der Waals surface area contributed by atoms with Crippen LogP contribution < -0.4 is 11.1 Å². The van der Waals surface area contributed by atoms with Crippen molar-refractivity contribution in [2.45, 2.75) is 26.8 Å². The molecule has 0 unspecified atom stereocenters. The van der Waals surface area contributed by atoms with Crippen molar-refractivity contribution < 1.29 is 14.7 Å². The Morgan fingerprint density at radius 3 is 2.33 bits per heavy atom. The van der Waals surface area contributed by atoms with Gasteiger partial charge in [0.2, 0.25) is 0 Å². The maximum atomic E-state index is 11.3. The summed E-state index contributed by atoms with van der Waals surface area (Å²) in [5, 5.41) is 12.1. The Morgan fingerprint density at radius 2 is 1.89 bits per heavy atom. The van der Waals surface area contributed by atoms with Crippen molar-refractivity contribution >= 4 is 17.6 Å². The van der Waals surface area contributed by atoms with Crippen LogP contribution >= 0.6 is 0 Å². The Labute approximate surface area is 106 Å². The number of benzene rings is 1. The smallest absolute Gasteiger partial charge is 0.335 e. The number of anilines is 1. The van der Waals surface area contributed by atoms with E-state index in [9.17, 15) is 9.59 Å². The zero-order valence-corrected chi connectivity index (χ0v) is 10.7. The van der Waals surface area contributed by atoms with Gasteiger partial charge in [0.05, 0.1) is 11.1 Å². The molecule has 0 spiro atoms. The molecule has 0 aromatic heterocycles. The Balaban J connectivity index is 3.15. The highest BCUT2D eigenvalue weighted by Crippen LogP contribution is 2.20. The highest BCUT2D eigenvalue weighted by atomic mass is 16.4. The van der Waals surface area contributed by atoms with Crippen molar-refractivity contribution in [3.05, 3.63) is 29.3 Å². The summed E-state index contributed by atoms with van der Waals surface area (Å²) >= 11 is 0. The van der Waals surface area contributed by atoms with E-state index in [2.05, 4.69) is 5.32 Å². The van der Waals surface area contributed by atoms with Crippen molar-refractivity contribution in [3.63, 3.8) is 0 Å². The first-order chi connectivity index (χ1) is 8.32. The van der Waals surface area contributed by atoms with Gasteiger partial charge in [-0.25, -0.2) is 4.79 Å². The van der Waals surface area contributed by atoms with Gasteiger partial charge in [0.25, 0.3) is 5.91 Å². The second-order valence-corrected chi connectivity index (χ2v) is 4.61. The Bertz CT molecular complexity index is 469. The number of aromatic carboxylic acids is 1. The molecular weight excluding hydrogens is 232 g/mol. The lowest BCUT2D eigenvalue weighted by molar-refractivity contribution is 0.0696. The summed E-state index contributed by atoms with van der Waals surface area (Å²) in [6.07, 6.45) is 0. The molecule has 0 saturated heterocycles. The first-order valence-electron chi connectivity index (χ1n) is 5.76. The fraction of sp³-hybridized carbons (Fsp3) is 0.385. The van der Waals surface area contributed by atoms with Crippen molar-refractivity contribution in [1.29, 1.82) is 0 Å². The van der Waals surface area contributed by atoms with E-state index in [1.807, 2.05) is 20.8 Å². The number of carbonyl (C=O) groups excluding carboxylic acids is 1. The molecule has 18 heavy (non-hydrogen) atoms. The van der Waals surface area contributed by atoms with Crippen LogP contribution in [0.25, 0.3) is 0 Å². The molecule has 1 aromatic carbocycles. The van der Waals surface area contributed by atoms with Crippen LogP contribution in [-0.4, -0.2) is 23.0 Å². The number of nitrogens with one attached hydrogen (secondary N) is 1. The van der Waals surface area contributed by atoms with E-state index in [0.717, 1.165) is 0 Å². The predicted octanol–water partition coefficient (Wildman–Crippen LogP) is 1.94. The van der Waals surface area contributed by atoms with Crippen molar-refractivity contribution in [1.82, 2.24) is 0 Å². The lowest BCUT2D eigenvalue weighted by atomic mass is 10.0. The van der Waals surface area contributed by atoms with E-state index in [1.165, 1.54) is 18.2 Å².